The molecule has 2 N–H and O–H groups in total. The summed E-state index contributed by atoms with van der Waals surface area (Å²) in [5.41, 5.74) is 0.941. The number of benzene rings is 1. The van der Waals surface area contributed by atoms with Crippen LogP contribution in [0.3, 0.4) is 0 Å². The fourth-order valence-corrected chi connectivity index (χ4v) is 1.40. The summed E-state index contributed by atoms with van der Waals surface area (Å²) in [5.74, 6) is 0. The molecule has 6 heteroatoms. The molecule has 0 saturated heterocycles. The van der Waals surface area contributed by atoms with Crippen molar-refractivity contribution in [2.24, 2.45) is 0 Å². The zero-order valence-electron chi connectivity index (χ0n) is 10.9. The van der Waals surface area contributed by atoms with Gasteiger partial charge in [0.05, 0.1) is 6.54 Å². The molecule has 5 nitrogen and oxygen atoms in total. The van der Waals surface area contributed by atoms with Crippen molar-refractivity contribution in [3.63, 3.8) is 0 Å². The van der Waals surface area contributed by atoms with Crippen LogP contribution in [0.4, 0.5) is 4.79 Å². The molecule has 0 radical (unpaired) electrons. The highest BCUT2D eigenvalue weighted by Gasteiger charge is 2.05. The molecule has 2 amide bonds. The lowest BCUT2D eigenvalue weighted by atomic mass is 10.2. The number of hydrogen-bond acceptors (Lipinski definition) is 3. The molecule has 19 heavy (non-hydrogen) atoms. The van der Waals surface area contributed by atoms with Gasteiger partial charge in [0.1, 0.15) is 0 Å². The number of urea groups is 1. The maximum Gasteiger partial charge on any atom is 0.318 e. The first-order chi connectivity index (χ1) is 9.15. The van der Waals surface area contributed by atoms with Crippen LogP contribution in [0.1, 0.15) is 5.56 Å². The van der Waals surface area contributed by atoms with E-state index in [2.05, 4.69) is 10.6 Å². The minimum atomic E-state index is -0.453. The second-order valence-electron chi connectivity index (χ2n) is 3.64. The van der Waals surface area contributed by atoms with Crippen LogP contribution in [0.15, 0.2) is 30.5 Å². The molecule has 0 atom stereocenters. The van der Waals surface area contributed by atoms with Crippen LogP contribution in [0.5, 0.6) is 0 Å². The minimum absolute atomic E-state index is 0.271. The summed E-state index contributed by atoms with van der Waals surface area (Å²) < 4.78 is 9.88. The molecule has 1 aromatic carbocycles. The quantitative estimate of drug-likeness (QED) is 0.788. The lowest BCUT2D eigenvalue weighted by Crippen LogP contribution is -2.38. The number of carbonyl (C=O) groups excluding carboxylic acids is 1. The Labute approximate surface area is 117 Å². The first-order valence-corrected chi connectivity index (χ1v) is 6.05. The van der Waals surface area contributed by atoms with E-state index in [0.29, 0.717) is 5.02 Å². The van der Waals surface area contributed by atoms with Crippen molar-refractivity contribution >= 4 is 23.7 Å². The molecule has 0 heterocycles. The Hall–Kier alpha value is -1.56. The third kappa shape index (κ3) is 6.24. The largest absolute Gasteiger partial charge is 0.354 e. The van der Waals surface area contributed by atoms with Gasteiger partial charge in [-0.15, -0.1) is 0 Å². The van der Waals surface area contributed by atoms with Crippen LogP contribution in [-0.4, -0.2) is 33.1 Å². The first kappa shape index (κ1) is 15.5. The zero-order chi connectivity index (χ0) is 14.1. The van der Waals surface area contributed by atoms with Gasteiger partial charge >= 0.3 is 6.03 Å². The summed E-state index contributed by atoms with van der Waals surface area (Å²) in [4.78, 5) is 11.4. The van der Waals surface area contributed by atoms with E-state index in [-0.39, 0.29) is 12.6 Å². The van der Waals surface area contributed by atoms with E-state index in [9.17, 15) is 4.79 Å². The molecule has 0 unspecified atom stereocenters. The van der Waals surface area contributed by atoms with Crippen molar-refractivity contribution in [2.75, 3.05) is 20.8 Å². The van der Waals surface area contributed by atoms with Gasteiger partial charge in [-0.05, 0) is 23.8 Å². The molecule has 0 aromatic heterocycles. The van der Waals surface area contributed by atoms with Gasteiger partial charge in [0, 0.05) is 25.4 Å². The minimum Gasteiger partial charge on any atom is -0.354 e. The van der Waals surface area contributed by atoms with Gasteiger partial charge in [-0.25, -0.2) is 4.79 Å². The Morgan fingerprint density at radius 3 is 2.53 bits per heavy atom. The fourth-order valence-electron chi connectivity index (χ4n) is 1.28. The Balaban J connectivity index is 2.31. The Kier molecular flexibility index (Phi) is 6.95. The standard InChI is InChI=1S/C13H17ClN2O3/c1-18-12(19-2)9-16-13(17)15-8-7-10-3-5-11(14)6-4-10/h3-8,12H,9H2,1-2H3,(H2,15,16,17)/b8-7+. The van der Waals surface area contributed by atoms with Crippen molar-refractivity contribution in [3.05, 3.63) is 41.1 Å². The third-order valence-electron chi connectivity index (χ3n) is 2.32. The summed E-state index contributed by atoms with van der Waals surface area (Å²) in [6.07, 6.45) is 2.86. The summed E-state index contributed by atoms with van der Waals surface area (Å²) in [6, 6.07) is 6.94. The highest BCUT2D eigenvalue weighted by atomic mass is 35.5. The number of hydrogen-bond donors (Lipinski definition) is 2. The highest BCUT2D eigenvalue weighted by molar-refractivity contribution is 6.30. The second-order valence-corrected chi connectivity index (χ2v) is 4.08. The summed E-state index contributed by atoms with van der Waals surface area (Å²) in [5, 5.41) is 5.86. The van der Waals surface area contributed by atoms with Gasteiger partial charge in [0.15, 0.2) is 6.29 Å². The topological polar surface area (TPSA) is 59.6 Å². The van der Waals surface area contributed by atoms with Crippen LogP contribution < -0.4 is 10.6 Å². The van der Waals surface area contributed by atoms with Crippen LogP contribution in [0.2, 0.25) is 5.02 Å². The molecule has 0 spiro atoms. The molecular weight excluding hydrogens is 268 g/mol. The number of amides is 2. The number of carbonyl (C=O) groups is 1. The second kappa shape index (κ2) is 8.53. The molecule has 1 aromatic rings. The van der Waals surface area contributed by atoms with E-state index in [1.807, 2.05) is 12.1 Å². The SMILES string of the molecule is COC(CNC(=O)N/C=C/c1ccc(Cl)cc1)OC. The molecule has 0 aliphatic carbocycles. The number of methoxy groups -OCH3 is 2. The Bertz CT molecular complexity index is 416. The normalized spacial score (nSPS) is 10.9. The molecule has 0 bridgehead atoms. The summed E-state index contributed by atoms with van der Waals surface area (Å²) in [6.45, 7) is 0.271. The van der Waals surface area contributed by atoms with Crippen molar-refractivity contribution in [2.45, 2.75) is 6.29 Å². The van der Waals surface area contributed by atoms with Gasteiger partial charge < -0.3 is 20.1 Å². The van der Waals surface area contributed by atoms with Gasteiger partial charge in [0.2, 0.25) is 0 Å². The van der Waals surface area contributed by atoms with Crippen LogP contribution in [-0.2, 0) is 9.47 Å². The van der Waals surface area contributed by atoms with Crippen LogP contribution in [0.25, 0.3) is 6.08 Å². The molecule has 104 valence electrons. The average molecular weight is 285 g/mol. The van der Waals surface area contributed by atoms with Gasteiger partial charge in [-0.1, -0.05) is 23.7 Å². The summed E-state index contributed by atoms with van der Waals surface area (Å²) >= 11 is 5.77. The van der Waals surface area contributed by atoms with E-state index in [4.69, 9.17) is 21.1 Å². The maximum absolute atomic E-state index is 11.4. The van der Waals surface area contributed by atoms with E-state index in [1.54, 1.807) is 24.4 Å². The zero-order valence-corrected chi connectivity index (χ0v) is 11.6. The van der Waals surface area contributed by atoms with E-state index in [1.165, 1.54) is 14.2 Å². The van der Waals surface area contributed by atoms with Gasteiger partial charge in [-0.2, -0.15) is 0 Å². The molecular formula is C13H17ClN2O3. The van der Waals surface area contributed by atoms with Crippen LogP contribution >= 0.6 is 11.6 Å². The van der Waals surface area contributed by atoms with Gasteiger partial charge in [-0.3, -0.25) is 0 Å². The first-order valence-electron chi connectivity index (χ1n) is 5.67. The highest BCUT2D eigenvalue weighted by Crippen LogP contribution is 2.10. The molecule has 1 rings (SSSR count). The van der Waals surface area contributed by atoms with E-state index in [0.717, 1.165) is 5.56 Å². The smallest absolute Gasteiger partial charge is 0.318 e. The number of halogens is 1. The number of rotatable bonds is 6. The van der Waals surface area contributed by atoms with Crippen molar-refractivity contribution in [1.29, 1.82) is 0 Å². The lowest BCUT2D eigenvalue weighted by molar-refractivity contribution is -0.0971. The molecule has 0 aliphatic rings. The lowest BCUT2D eigenvalue weighted by Gasteiger charge is -2.13. The van der Waals surface area contributed by atoms with Crippen molar-refractivity contribution in [1.82, 2.24) is 10.6 Å². The van der Waals surface area contributed by atoms with Crippen molar-refractivity contribution < 1.29 is 14.3 Å². The molecule has 0 saturated carbocycles. The fraction of sp³-hybridized carbons (Fsp3) is 0.308. The molecule has 0 aliphatic heterocycles. The van der Waals surface area contributed by atoms with Gasteiger partial charge in [0.25, 0.3) is 0 Å². The number of nitrogens with one attached hydrogen (secondary N) is 2. The summed E-state index contributed by atoms with van der Waals surface area (Å²) in [7, 11) is 3.02. The maximum atomic E-state index is 11.4. The Morgan fingerprint density at radius 1 is 1.32 bits per heavy atom. The molecule has 0 fully saturated rings. The predicted octanol–water partition coefficient (Wildman–Crippen LogP) is 2.23. The third-order valence-corrected chi connectivity index (χ3v) is 2.57. The Morgan fingerprint density at radius 2 is 1.95 bits per heavy atom. The van der Waals surface area contributed by atoms with E-state index < -0.39 is 6.29 Å². The van der Waals surface area contributed by atoms with Crippen molar-refractivity contribution in [3.8, 4) is 0 Å². The monoisotopic (exact) mass is 284 g/mol. The van der Waals surface area contributed by atoms with Crippen LogP contribution in [0, 0.1) is 0 Å². The average Bonchev–Trinajstić information content (AvgIpc) is 2.42. The van der Waals surface area contributed by atoms with E-state index >= 15 is 0 Å². The predicted molar refractivity (Wildman–Crippen MR) is 74.8 cm³/mol. The number of ether oxygens (including phenoxy) is 2.